The van der Waals surface area contributed by atoms with E-state index in [-0.39, 0.29) is 17.4 Å². The maximum Gasteiger partial charge on any atom is 0.508 e. The second kappa shape index (κ2) is 6.33. The largest absolute Gasteiger partial charge is 0.508 e. The fourth-order valence-corrected chi connectivity index (χ4v) is 3.36. The van der Waals surface area contributed by atoms with Gasteiger partial charge in [-0.25, -0.2) is 4.79 Å². The molecule has 0 bridgehead atoms. The Bertz CT molecular complexity index is 333. The number of rotatable bonds is 7. The molecule has 0 radical (unpaired) electrons. The van der Waals surface area contributed by atoms with E-state index in [0.717, 1.165) is 19.3 Å². The molecule has 0 amide bonds. The van der Waals surface area contributed by atoms with Crippen LogP contribution in [0.25, 0.3) is 0 Å². The molecule has 1 rings (SSSR count). The van der Waals surface area contributed by atoms with Crippen molar-refractivity contribution in [2.45, 2.75) is 72.3 Å². The van der Waals surface area contributed by atoms with Gasteiger partial charge in [-0.3, -0.25) is 0 Å². The number of aliphatic hydroxyl groups is 1. The van der Waals surface area contributed by atoms with Gasteiger partial charge in [0.2, 0.25) is 0 Å². The van der Waals surface area contributed by atoms with Gasteiger partial charge in [0.1, 0.15) is 12.2 Å². The van der Waals surface area contributed by atoms with Crippen LogP contribution < -0.4 is 0 Å². The fraction of sp³-hybridized carbons (Fsp3) is 0.938. The maximum atomic E-state index is 11.8. The third-order valence-electron chi connectivity index (χ3n) is 4.56. The van der Waals surface area contributed by atoms with Gasteiger partial charge in [-0.2, -0.15) is 0 Å². The van der Waals surface area contributed by atoms with E-state index in [1.807, 2.05) is 13.8 Å². The van der Waals surface area contributed by atoms with Crippen LogP contribution >= 0.6 is 0 Å². The van der Waals surface area contributed by atoms with Gasteiger partial charge in [0, 0.05) is 12.0 Å². The molecule has 1 atom stereocenters. The lowest BCUT2D eigenvalue weighted by Gasteiger charge is -2.50. The highest BCUT2D eigenvalue weighted by Crippen LogP contribution is 2.50. The highest BCUT2D eigenvalue weighted by Gasteiger charge is 2.51. The van der Waals surface area contributed by atoms with Gasteiger partial charge in [-0.05, 0) is 38.0 Å². The van der Waals surface area contributed by atoms with Gasteiger partial charge in [-0.1, -0.05) is 34.1 Å². The summed E-state index contributed by atoms with van der Waals surface area (Å²) in [5, 5.41) is 9.24. The van der Waals surface area contributed by atoms with Crippen LogP contribution in [0.3, 0.4) is 0 Å². The smallest absolute Gasteiger partial charge is 0.434 e. The number of aliphatic hydroxyl groups excluding tert-OH is 1. The minimum atomic E-state index is -0.580. The molecule has 4 heteroatoms. The molecule has 1 saturated carbocycles. The van der Waals surface area contributed by atoms with Gasteiger partial charge in [0.25, 0.3) is 0 Å². The van der Waals surface area contributed by atoms with E-state index in [2.05, 4.69) is 20.8 Å². The summed E-state index contributed by atoms with van der Waals surface area (Å²) < 4.78 is 10.7. The van der Waals surface area contributed by atoms with E-state index in [0.29, 0.717) is 19.4 Å². The molecule has 0 aliphatic heterocycles. The van der Waals surface area contributed by atoms with Gasteiger partial charge in [-0.15, -0.1) is 0 Å². The molecule has 0 spiro atoms. The summed E-state index contributed by atoms with van der Waals surface area (Å²) in [5.74, 6) is 0. The van der Waals surface area contributed by atoms with Crippen molar-refractivity contribution >= 4 is 6.16 Å². The highest BCUT2D eigenvalue weighted by atomic mass is 16.7. The SMILES string of the molecule is CCCC(C)(CC)COC(=O)OC1(C)CC(C)(CO)C1. The molecule has 0 aromatic rings. The topological polar surface area (TPSA) is 55.8 Å². The molecule has 4 nitrogen and oxygen atoms in total. The van der Waals surface area contributed by atoms with Crippen molar-refractivity contribution in [1.82, 2.24) is 0 Å². The Hall–Kier alpha value is -0.770. The van der Waals surface area contributed by atoms with E-state index in [1.54, 1.807) is 0 Å². The number of hydrogen-bond acceptors (Lipinski definition) is 4. The van der Waals surface area contributed by atoms with Crippen molar-refractivity contribution in [3.63, 3.8) is 0 Å². The summed E-state index contributed by atoms with van der Waals surface area (Å²) in [6.07, 6.45) is 3.89. The van der Waals surface area contributed by atoms with Crippen LogP contribution in [0, 0.1) is 10.8 Å². The quantitative estimate of drug-likeness (QED) is 0.721. The second-order valence-corrected chi connectivity index (χ2v) is 7.33. The summed E-state index contributed by atoms with van der Waals surface area (Å²) in [6, 6.07) is 0. The van der Waals surface area contributed by atoms with Crippen LogP contribution in [-0.2, 0) is 9.47 Å². The first-order chi connectivity index (χ1) is 9.20. The Labute approximate surface area is 122 Å². The van der Waals surface area contributed by atoms with Gasteiger partial charge in [0.15, 0.2) is 0 Å². The molecule has 1 aliphatic rings. The van der Waals surface area contributed by atoms with Crippen molar-refractivity contribution in [3.05, 3.63) is 0 Å². The molecule has 1 aliphatic carbocycles. The van der Waals surface area contributed by atoms with Crippen LogP contribution in [0.15, 0.2) is 0 Å². The first kappa shape index (κ1) is 17.3. The summed E-state index contributed by atoms with van der Waals surface area (Å²) in [4.78, 5) is 11.8. The Morgan fingerprint density at radius 2 is 1.90 bits per heavy atom. The Morgan fingerprint density at radius 1 is 1.30 bits per heavy atom. The Balaban J connectivity index is 2.38. The third kappa shape index (κ3) is 4.37. The average molecular weight is 286 g/mol. The molecule has 1 unspecified atom stereocenters. The third-order valence-corrected chi connectivity index (χ3v) is 4.56. The van der Waals surface area contributed by atoms with Gasteiger partial charge < -0.3 is 14.6 Å². The highest BCUT2D eigenvalue weighted by molar-refractivity contribution is 5.60. The first-order valence-corrected chi connectivity index (χ1v) is 7.66. The average Bonchev–Trinajstić information content (AvgIpc) is 2.35. The lowest BCUT2D eigenvalue weighted by molar-refractivity contribution is -0.146. The number of carbonyl (C=O) groups is 1. The van der Waals surface area contributed by atoms with Gasteiger partial charge in [0.05, 0.1) is 0 Å². The summed E-state index contributed by atoms with van der Waals surface area (Å²) in [5.41, 5.74) is -0.564. The van der Waals surface area contributed by atoms with Crippen LogP contribution in [0.2, 0.25) is 0 Å². The molecule has 118 valence electrons. The molecule has 1 N–H and O–H groups in total. The zero-order chi connectivity index (χ0) is 15.4. The number of ether oxygens (including phenoxy) is 2. The van der Waals surface area contributed by atoms with E-state index in [1.165, 1.54) is 0 Å². The van der Waals surface area contributed by atoms with Gasteiger partial charge >= 0.3 is 6.16 Å². The molecule has 20 heavy (non-hydrogen) atoms. The van der Waals surface area contributed by atoms with Crippen molar-refractivity contribution in [2.24, 2.45) is 10.8 Å². The lowest BCUT2D eigenvalue weighted by Crippen LogP contribution is -2.53. The second-order valence-electron chi connectivity index (χ2n) is 7.33. The fourth-order valence-electron chi connectivity index (χ4n) is 3.36. The summed E-state index contributed by atoms with van der Waals surface area (Å²) >= 11 is 0. The zero-order valence-electron chi connectivity index (χ0n) is 13.6. The zero-order valence-corrected chi connectivity index (χ0v) is 13.6. The summed E-state index contributed by atoms with van der Waals surface area (Å²) in [7, 11) is 0. The number of hydrogen-bond donors (Lipinski definition) is 1. The maximum absolute atomic E-state index is 11.8. The van der Waals surface area contributed by atoms with Crippen LogP contribution in [-0.4, -0.2) is 30.1 Å². The van der Waals surface area contributed by atoms with Crippen molar-refractivity contribution in [1.29, 1.82) is 0 Å². The normalized spacial score (nSPS) is 32.1. The Kier molecular flexibility index (Phi) is 5.47. The predicted molar refractivity (Wildman–Crippen MR) is 78.6 cm³/mol. The van der Waals surface area contributed by atoms with Crippen molar-refractivity contribution in [3.8, 4) is 0 Å². The molecular weight excluding hydrogens is 256 g/mol. The van der Waals surface area contributed by atoms with Crippen LogP contribution in [0.4, 0.5) is 4.79 Å². The number of carbonyl (C=O) groups excluding carboxylic acids is 1. The van der Waals surface area contributed by atoms with E-state index < -0.39 is 11.8 Å². The van der Waals surface area contributed by atoms with Crippen molar-refractivity contribution in [2.75, 3.05) is 13.2 Å². The van der Waals surface area contributed by atoms with E-state index >= 15 is 0 Å². The van der Waals surface area contributed by atoms with Crippen molar-refractivity contribution < 1.29 is 19.4 Å². The van der Waals surface area contributed by atoms with Crippen LogP contribution in [0.5, 0.6) is 0 Å². The standard InChI is InChI=1S/C16H30O4/c1-6-8-14(3,7-2)12-19-13(18)20-16(5)9-15(4,10-16)11-17/h17H,6-12H2,1-5H3. The minimum Gasteiger partial charge on any atom is -0.434 e. The molecular formula is C16H30O4. The monoisotopic (exact) mass is 286 g/mol. The predicted octanol–water partition coefficient (Wildman–Crippen LogP) is 3.91. The van der Waals surface area contributed by atoms with E-state index in [9.17, 15) is 9.90 Å². The molecule has 0 aromatic heterocycles. The lowest BCUT2D eigenvalue weighted by atomic mass is 9.61. The van der Waals surface area contributed by atoms with Crippen LogP contribution in [0.1, 0.15) is 66.7 Å². The van der Waals surface area contributed by atoms with E-state index in [4.69, 9.17) is 9.47 Å². The molecule has 0 saturated heterocycles. The molecule has 0 aromatic carbocycles. The summed E-state index contributed by atoms with van der Waals surface area (Å²) in [6.45, 7) is 10.8. The molecule has 0 heterocycles. The first-order valence-electron chi connectivity index (χ1n) is 7.66. The molecule has 1 fully saturated rings. The Morgan fingerprint density at radius 3 is 2.35 bits per heavy atom. The minimum absolute atomic E-state index is 0.0356.